The zero-order valence-electron chi connectivity index (χ0n) is 14.6. The van der Waals surface area contributed by atoms with Gasteiger partial charge in [-0.1, -0.05) is 34.1 Å². The normalized spacial score (nSPS) is 10.9. The van der Waals surface area contributed by atoms with E-state index in [4.69, 9.17) is 4.74 Å². The van der Waals surface area contributed by atoms with E-state index in [9.17, 15) is 10.1 Å². The monoisotopic (exact) mass is 424 g/mol. The van der Waals surface area contributed by atoms with E-state index in [1.54, 1.807) is 18.3 Å². The van der Waals surface area contributed by atoms with Crippen molar-refractivity contribution in [1.29, 1.82) is 0 Å². The topological polar surface area (TPSA) is 64.7 Å². The third kappa shape index (κ3) is 5.01. The van der Waals surface area contributed by atoms with Crippen LogP contribution in [0.4, 0.5) is 11.4 Å². The summed E-state index contributed by atoms with van der Waals surface area (Å²) in [7, 11) is 0. The van der Waals surface area contributed by atoms with Gasteiger partial charge in [0.05, 0.1) is 10.6 Å². The summed E-state index contributed by atoms with van der Waals surface area (Å²) in [6, 6.07) is 19.9. The molecule has 0 saturated heterocycles. The van der Waals surface area contributed by atoms with Crippen molar-refractivity contribution in [3.8, 4) is 5.75 Å². The Kier molecular flexibility index (Phi) is 5.98. The van der Waals surface area contributed by atoms with E-state index >= 15 is 0 Å². The van der Waals surface area contributed by atoms with E-state index in [0.717, 1.165) is 26.9 Å². The lowest BCUT2D eigenvalue weighted by Crippen LogP contribution is -1.99. The van der Waals surface area contributed by atoms with Crippen molar-refractivity contribution >= 4 is 33.5 Å². The highest BCUT2D eigenvalue weighted by atomic mass is 79.9. The van der Waals surface area contributed by atoms with Gasteiger partial charge >= 0.3 is 0 Å². The van der Waals surface area contributed by atoms with Gasteiger partial charge in [-0.25, -0.2) is 0 Å². The van der Waals surface area contributed by atoms with Crippen molar-refractivity contribution in [2.24, 2.45) is 4.99 Å². The molecule has 5 nitrogen and oxygen atoms in total. The fourth-order valence-corrected chi connectivity index (χ4v) is 2.85. The standard InChI is InChI=1S/C21H17BrN2O3/c1-15-4-2-3-5-20(15)23-13-17-12-18(22)8-11-21(17)27-14-16-6-9-19(10-7-16)24(25)26/h2-13H,14H2,1H3. The van der Waals surface area contributed by atoms with Crippen molar-refractivity contribution in [2.75, 3.05) is 0 Å². The van der Waals surface area contributed by atoms with E-state index in [-0.39, 0.29) is 5.69 Å². The number of nitro groups is 1. The number of nitro benzene ring substituents is 1. The number of rotatable bonds is 6. The molecule has 0 aliphatic heterocycles. The van der Waals surface area contributed by atoms with Gasteiger partial charge in [0.1, 0.15) is 12.4 Å². The number of benzene rings is 3. The highest BCUT2D eigenvalue weighted by Crippen LogP contribution is 2.25. The first kappa shape index (κ1) is 18.8. The zero-order valence-corrected chi connectivity index (χ0v) is 16.2. The van der Waals surface area contributed by atoms with Gasteiger partial charge in [-0.15, -0.1) is 0 Å². The fraction of sp³-hybridized carbons (Fsp3) is 0.0952. The molecule has 0 amide bonds. The number of aryl methyl sites for hydroxylation is 1. The van der Waals surface area contributed by atoms with E-state index in [2.05, 4.69) is 20.9 Å². The van der Waals surface area contributed by atoms with E-state index in [0.29, 0.717) is 12.4 Å². The van der Waals surface area contributed by atoms with Crippen LogP contribution in [0.25, 0.3) is 0 Å². The molecule has 0 spiro atoms. The molecule has 0 aromatic heterocycles. The summed E-state index contributed by atoms with van der Waals surface area (Å²) in [5, 5.41) is 10.7. The summed E-state index contributed by atoms with van der Waals surface area (Å²) in [6.07, 6.45) is 1.78. The Hall–Kier alpha value is -2.99. The zero-order chi connectivity index (χ0) is 19.2. The molecule has 0 saturated carbocycles. The minimum absolute atomic E-state index is 0.0634. The van der Waals surface area contributed by atoms with Crippen LogP contribution in [0.5, 0.6) is 5.75 Å². The number of aliphatic imine (C=N–C) groups is 1. The molecule has 136 valence electrons. The van der Waals surface area contributed by atoms with Crippen LogP contribution < -0.4 is 4.74 Å². The molecule has 0 N–H and O–H groups in total. The SMILES string of the molecule is Cc1ccccc1N=Cc1cc(Br)ccc1OCc1ccc([N+](=O)[O-])cc1. The van der Waals surface area contributed by atoms with Crippen LogP contribution in [0.15, 0.2) is 76.2 Å². The van der Waals surface area contributed by atoms with Gasteiger partial charge in [-0.05, 0) is 54.4 Å². The van der Waals surface area contributed by atoms with Crippen LogP contribution in [-0.4, -0.2) is 11.1 Å². The lowest BCUT2D eigenvalue weighted by Gasteiger charge is -2.10. The van der Waals surface area contributed by atoms with Gasteiger partial charge in [0, 0.05) is 28.4 Å². The van der Waals surface area contributed by atoms with Crippen LogP contribution in [0.3, 0.4) is 0 Å². The molecule has 0 unspecified atom stereocenters. The van der Waals surface area contributed by atoms with Crippen molar-refractivity contribution in [3.05, 3.63) is 98.0 Å². The number of para-hydroxylation sites is 1. The minimum atomic E-state index is -0.417. The smallest absolute Gasteiger partial charge is 0.269 e. The largest absolute Gasteiger partial charge is 0.488 e. The van der Waals surface area contributed by atoms with E-state index in [1.165, 1.54) is 12.1 Å². The molecular weight excluding hydrogens is 408 g/mol. The number of hydrogen-bond acceptors (Lipinski definition) is 4. The van der Waals surface area contributed by atoms with Crippen LogP contribution in [-0.2, 0) is 6.61 Å². The number of non-ortho nitro benzene ring substituents is 1. The number of halogens is 1. The molecule has 0 heterocycles. The maximum atomic E-state index is 10.7. The van der Waals surface area contributed by atoms with Crippen LogP contribution in [0, 0.1) is 17.0 Å². The van der Waals surface area contributed by atoms with Crippen molar-refractivity contribution in [3.63, 3.8) is 0 Å². The molecule has 27 heavy (non-hydrogen) atoms. The second-order valence-electron chi connectivity index (χ2n) is 5.94. The Labute approximate surface area is 165 Å². The van der Waals surface area contributed by atoms with Gasteiger partial charge in [0.2, 0.25) is 0 Å². The summed E-state index contributed by atoms with van der Waals surface area (Å²) in [5.74, 6) is 0.689. The summed E-state index contributed by atoms with van der Waals surface area (Å²) in [6.45, 7) is 2.32. The first-order valence-corrected chi connectivity index (χ1v) is 9.07. The molecule has 6 heteroatoms. The Balaban J connectivity index is 1.77. The molecule has 0 fully saturated rings. The second-order valence-corrected chi connectivity index (χ2v) is 6.85. The van der Waals surface area contributed by atoms with Gasteiger partial charge < -0.3 is 4.74 Å². The maximum absolute atomic E-state index is 10.7. The third-order valence-electron chi connectivity index (χ3n) is 3.97. The molecule has 3 rings (SSSR count). The Bertz CT molecular complexity index is 985. The highest BCUT2D eigenvalue weighted by Gasteiger charge is 2.07. The summed E-state index contributed by atoms with van der Waals surface area (Å²) >= 11 is 3.47. The number of hydrogen-bond donors (Lipinski definition) is 0. The molecule has 0 bridgehead atoms. The molecule has 0 aliphatic rings. The van der Waals surface area contributed by atoms with Gasteiger partial charge in [-0.3, -0.25) is 15.1 Å². The molecule has 0 radical (unpaired) electrons. The lowest BCUT2D eigenvalue weighted by atomic mass is 10.2. The summed E-state index contributed by atoms with van der Waals surface area (Å²) in [5.41, 5.74) is 3.75. The predicted molar refractivity (Wildman–Crippen MR) is 110 cm³/mol. The quantitative estimate of drug-likeness (QED) is 0.277. The Morgan fingerprint density at radius 1 is 1.11 bits per heavy atom. The van der Waals surface area contributed by atoms with E-state index < -0.39 is 4.92 Å². The molecule has 3 aromatic rings. The molecule has 3 aromatic carbocycles. The summed E-state index contributed by atoms with van der Waals surface area (Å²) in [4.78, 5) is 14.9. The van der Waals surface area contributed by atoms with E-state index in [1.807, 2.05) is 49.4 Å². The van der Waals surface area contributed by atoms with Crippen molar-refractivity contribution in [1.82, 2.24) is 0 Å². The average Bonchev–Trinajstić information content (AvgIpc) is 2.67. The van der Waals surface area contributed by atoms with Crippen LogP contribution >= 0.6 is 15.9 Å². The predicted octanol–water partition coefficient (Wildman–Crippen LogP) is 6.00. The maximum Gasteiger partial charge on any atom is 0.269 e. The number of nitrogens with zero attached hydrogens (tertiary/aromatic N) is 2. The third-order valence-corrected chi connectivity index (χ3v) is 4.46. The van der Waals surface area contributed by atoms with Crippen molar-refractivity contribution < 1.29 is 9.66 Å². The highest BCUT2D eigenvalue weighted by molar-refractivity contribution is 9.10. The second kappa shape index (κ2) is 8.60. The fourth-order valence-electron chi connectivity index (χ4n) is 2.47. The minimum Gasteiger partial charge on any atom is -0.488 e. The average molecular weight is 425 g/mol. The molecule has 0 atom stereocenters. The summed E-state index contributed by atoms with van der Waals surface area (Å²) < 4.78 is 6.84. The van der Waals surface area contributed by atoms with Crippen LogP contribution in [0.1, 0.15) is 16.7 Å². The van der Waals surface area contributed by atoms with Gasteiger partial charge in [0.25, 0.3) is 5.69 Å². The Morgan fingerprint density at radius 2 is 1.85 bits per heavy atom. The number of ether oxygens (including phenoxy) is 1. The van der Waals surface area contributed by atoms with Gasteiger partial charge in [0.15, 0.2) is 0 Å². The van der Waals surface area contributed by atoms with Gasteiger partial charge in [-0.2, -0.15) is 0 Å². The molecule has 0 aliphatic carbocycles. The Morgan fingerprint density at radius 3 is 2.56 bits per heavy atom. The first-order chi connectivity index (χ1) is 13.0. The lowest BCUT2D eigenvalue weighted by molar-refractivity contribution is -0.384. The first-order valence-electron chi connectivity index (χ1n) is 8.28. The van der Waals surface area contributed by atoms with Crippen LogP contribution in [0.2, 0.25) is 0 Å². The van der Waals surface area contributed by atoms with Crippen molar-refractivity contribution in [2.45, 2.75) is 13.5 Å². The molecular formula is C21H17BrN2O3.